The molecular weight excluding hydrogens is 354 g/mol. The summed E-state index contributed by atoms with van der Waals surface area (Å²) in [6.45, 7) is 5.41. The third kappa shape index (κ3) is 5.31. The maximum Gasteiger partial charge on any atom is 0.263 e. The maximum atomic E-state index is 12.7. The van der Waals surface area contributed by atoms with Gasteiger partial charge in [-0.25, -0.2) is 0 Å². The topological polar surface area (TPSA) is 71.5 Å². The van der Waals surface area contributed by atoms with Gasteiger partial charge in [-0.2, -0.15) is 0 Å². The Morgan fingerprint density at radius 3 is 2.57 bits per heavy atom. The van der Waals surface area contributed by atoms with Crippen LogP contribution in [0.2, 0.25) is 0 Å². The molecule has 6 nitrogen and oxygen atoms in total. The molecule has 0 radical (unpaired) electrons. The van der Waals surface area contributed by atoms with Gasteiger partial charge in [-0.15, -0.1) is 0 Å². The Labute approximate surface area is 165 Å². The van der Waals surface area contributed by atoms with Crippen molar-refractivity contribution in [2.24, 2.45) is 5.92 Å². The molecule has 0 bridgehead atoms. The lowest BCUT2D eigenvalue weighted by Gasteiger charge is -2.33. The quantitative estimate of drug-likeness (QED) is 0.835. The number of aromatic nitrogens is 1. The Morgan fingerprint density at radius 2 is 1.93 bits per heavy atom. The molecule has 1 aromatic carbocycles. The van der Waals surface area contributed by atoms with Gasteiger partial charge in [-0.05, 0) is 50.5 Å². The second-order valence-electron chi connectivity index (χ2n) is 7.25. The fourth-order valence-electron chi connectivity index (χ4n) is 3.33. The fraction of sp³-hybridized carbons (Fsp3) is 0.409. The second kappa shape index (κ2) is 9.35. The van der Waals surface area contributed by atoms with E-state index in [0.717, 1.165) is 11.1 Å². The number of hydrogen-bond acceptors (Lipinski definition) is 4. The van der Waals surface area contributed by atoms with Crippen molar-refractivity contribution in [2.75, 3.05) is 13.1 Å². The zero-order chi connectivity index (χ0) is 19.9. The van der Waals surface area contributed by atoms with Crippen LogP contribution in [-0.4, -0.2) is 40.9 Å². The van der Waals surface area contributed by atoms with E-state index in [1.165, 1.54) is 0 Å². The smallest absolute Gasteiger partial charge is 0.263 e. The summed E-state index contributed by atoms with van der Waals surface area (Å²) in [7, 11) is 0. The summed E-state index contributed by atoms with van der Waals surface area (Å²) in [6.07, 6.45) is 4.25. The van der Waals surface area contributed by atoms with Crippen LogP contribution in [0, 0.1) is 12.8 Å². The summed E-state index contributed by atoms with van der Waals surface area (Å²) in [6, 6.07) is 11.5. The molecule has 3 rings (SSSR count). The normalized spacial score (nSPS) is 15.7. The van der Waals surface area contributed by atoms with Gasteiger partial charge in [0.2, 0.25) is 5.91 Å². The van der Waals surface area contributed by atoms with E-state index in [0.29, 0.717) is 38.2 Å². The summed E-state index contributed by atoms with van der Waals surface area (Å²) < 4.78 is 5.77. The summed E-state index contributed by atoms with van der Waals surface area (Å²) in [4.78, 5) is 30.9. The van der Waals surface area contributed by atoms with E-state index in [4.69, 9.17) is 4.74 Å². The van der Waals surface area contributed by atoms with Crippen LogP contribution in [0.15, 0.2) is 48.8 Å². The molecule has 1 aliphatic heterocycles. The maximum absolute atomic E-state index is 12.7. The van der Waals surface area contributed by atoms with Crippen molar-refractivity contribution in [1.82, 2.24) is 15.2 Å². The molecule has 6 heteroatoms. The van der Waals surface area contributed by atoms with Crippen LogP contribution in [0.1, 0.15) is 30.9 Å². The van der Waals surface area contributed by atoms with Crippen LogP contribution in [0.5, 0.6) is 5.75 Å². The number of piperidine rings is 1. The Morgan fingerprint density at radius 1 is 1.21 bits per heavy atom. The van der Waals surface area contributed by atoms with Crippen molar-refractivity contribution in [3.63, 3.8) is 0 Å². The highest BCUT2D eigenvalue weighted by Crippen LogP contribution is 2.20. The number of pyridine rings is 1. The summed E-state index contributed by atoms with van der Waals surface area (Å²) >= 11 is 0. The summed E-state index contributed by atoms with van der Waals surface area (Å²) in [5.74, 6) is 0.639. The minimum Gasteiger partial charge on any atom is -0.481 e. The third-order valence-corrected chi connectivity index (χ3v) is 5.05. The predicted octanol–water partition coefficient (Wildman–Crippen LogP) is 2.71. The number of amides is 2. The minimum absolute atomic E-state index is 0.0326. The van der Waals surface area contributed by atoms with Gasteiger partial charge in [-0.3, -0.25) is 14.6 Å². The molecule has 1 atom stereocenters. The minimum atomic E-state index is -0.543. The summed E-state index contributed by atoms with van der Waals surface area (Å²) in [5, 5.41) is 2.97. The van der Waals surface area contributed by atoms with Gasteiger partial charge in [-0.1, -0.05) is 23.8 Å². The Balaban J connectivity index is 1.44. The van der Waals surface area contributed by atoms with Crippen molar-refractivity contribution in [3.05, 3.63) is 59.9 Å². The second-order valence-corrected chi connectivity index (χ2v) is 7.25. The Bertz CT molecular complexity index is 784. The van der Waals surface area contributed by atoms with Crippen molar-refractivity contribution >= 4 is 11.8 Å². The average Bonchev–Trinajstić information content (AvgIpc) is 2.74. The number of likely N-dealkylation sites (tertiary alicyclic amines) is 1. The van der Waals surface area contributed by atoms with E-state index >= 15 is 0 Å². The monoisotopic (exact) mass is 381 g/mol. The molecule has 0 spiro atoms. The van der Waals surface area contributed by atoms with E-state index in [1.807, 2.05) is 43.3 Å². The number of nitrogens with zero attached hydrogens (tertiary/aromatic N) is 2. The van der Waals surface area contributed by atoms with Gasteiger partial charge in [0.15, 0.2) is 6.10 Å². The van der Waals surface area contributed by atoms with Crippen molar-refractivity contribution in [2.45, 2.75) is 39.3 Å². The SMILES string of the molecule is Cc1ccc(OC(C)C(=O)N2CCC(C(=O)NCc3cccnc3)CC2)cc1. The lowest BCUT2D eigenvalue weighted by Crippen LogP contribution is -2.47. The highest BCUT2D eigenvalue weighted by atomic mass is 16.5. The van der Waals surface area contributed by atoms with Gasteiger partial charge >= 0.3 is 0 Å². The molecule has 2 aromatic rings. The molecule has 2 heterocycles. The Hall–Kier alpha value is -2.89. The zero-order valence-electron chi connectivity index (χ0n) is 16.4. The average molecular weight is 381 g/mol. The molecule has 0 saturated carbocycles. The van der Waals surface area contributed by atoms with Crippen LogP contribution < -0.4 is 10.1 Å². The van der Waals surface area contributed by atoms with E-state index in [2.05, 4.69) is 10.3 Å². The standard InChI is InChI=1S/C22H27N3O3/c1-16-5-7-20(8-6-16)28-17(2)22(27)25-12-9-19(10-13-25)21(26)24-15-18-4-3-11-23-14-18/h3-8,11,14,17,19H,9-10,12-13,15H2,1-2H3,(H,24,26). The largest absolute Gasteiger partial charge is 0.481 e. The molecule has 1 aromatic heterocycles. The van der Waals surface area contributed by atoms with Crippen molar-refractivity contribution < 1.29 is 14.3 Å². The molecule has 1 saturated heterocycles. The number of benzene rings is 1. The number of rotatable bonds is 6. The number of hydrogen-bond donors (Lipinski definition) is 1. The van der Waals surface area contributed by atoms with Gasteiger partial charge in [0.1, 0.15) is 5.75 Å². The van der Waals surface area contributed by atoms with Gasteiger partial charge < -0.3 is 15.0 Å². The van der Waals surface area contributed by atoms with Crippen LogP contribution in [-0.2, 0) is 16.1 Å². The number of nitrogens with one attached hydrogen (secondary N) is 1. The van der Waals surface area contributed by atoms with Gasteiger partial charge in [0.05, 0.1) is 0 Å². The fourth-order valence-corrected chi connectivity index (χ4v) is 3.33. The molecule has 1 fully saturated rings. The van der Waals surface area contributed by atoms with Crippen LogP contribution in [0.25, 0.3) is 0 Å². The molecule has 0 aliphatic carbocycles. The zero-order valence-corrected chi connectivity index (χ0v) is 16.4. The van der Waals surface area contributed by atoms with Gasteiger partial charge in [0.25, 0.3) is 5.91 Å². The van der Waals surface area contributed by atoms with E-state index in [9.17, 15) is 9.59 Å². The molecular formula is C22H27N3O3. The van der Waals surface area contributed by atoms with Gasteiger partial charge in [0, 0.05) is 37.9 Å². The first-order valence-corrected chi connectivity index (χ1v) is 9.71. The highest BCUT2D eigenvalue weighted by Gasteiger charge is 2.29. The lowest BCUT2D eigenvalue weighted by atomic mass is 9.95. The van der Waals surface area contributed by atoms with Crippen LogP contribution in [0.4, 0.5) is 0 Å². The van der Waals surface area contributed by atoms with E-state index in [-0.39, 0.29) is 17.7 Å². The molecule has 1 N–H and O–H groups in total. The number of carbonyl (C=O) groups excluding carboxylic acids is 2. The van der Waals surface area contributed by atoms with Crippen LogP contribution >= 0.6 is 0 Å². The first-order chi connectivity index (χ1) is 13.5. The molecule has 1 unspecified atom stereocenters. The lowest BCUT2D eigenvalue weighted by molar-refractivity contribution is -0.141. The number of aryl methyl sites for hydroxylation is 1. The van der Waals surface area contributed by atoms with Crippen molar-refractivity contribution in [1.29, 1.82) is 0 Å². The number of carbonyl (C=O) groups is 2. The van der Waals surface area contributed by atoms with E-state index in [1.54, 1.807) is 24.2 Å². The molecule has 148 valence electrons. The van der Waals surface area contributed by atoms with Crippen molar-refractivity contribution in [3.8, 4) is 5.75 Å². The van der Waals surface area contributed by atoms with E-state index < -0.39 is 6.10 Å². The predicted molar refractivity (Wildman–Crippen MR) is 107 cm³/mol. The highest BCUT2D eigenvalue weighted by molar-refractivity contribution is 5.82. The van der Waals surface area contributed by atoms with Crippen LogP contribution in [0.3, 0.4) is 0 Å². The molecule has 28 heavy (non-hydrogen) atoms. The molecule has 2 amide bonds. The first kappa shape index (κ1) is 19.9. The molecule has 1 aliphatic rings. The first-order valence-electron chi connectivity index (χ1n) is 9.71. The number of ether oxygens (including phenoxy) is 1. The third-order valence-electron chi connectivity index (χ3n) is 5.05. The Kier molecular flexibility index (Phi) is 6.63. The summed E-state index contributed by atoms with van der Waals surface area (Å²) in [5.41, 5.74) is 2.13.